The van der Waals surface area contributed by atoms with Gasteiger partial charge in [-0.25, -0.2) is 13.1 Å². The summed E-state index contributed by atoms with van der Waals surface area (Å²) < 4.78 is 31.2. The SMILES string of the molecule is CC(C)(C)[Si](C)(C)OC1CCN(C(=O)c2cnc3cncc(-c4ccc(C(=O)NS(C)(=O)=O)cc4)c3c2)C1. The number of hydrogen-bond acceptors (Lipinski definition) is 7. The molecule has 1 saturated heterocycles. The fourth-order valence-electron chi connectivity index (χ4n) is 4.21. The number of rotatable bonds is 6. The van der Waals surface area contributed by atoms with Crippen LogP contribution in [0.4, 0.5) is 0 Å². The smallest absolute Gasteiger partial charge is 0.264 e. The molecule has 202 valence electrons. The van der Waals surface area contributed by atoms with Crippen molar-refractivity contribution in [1.82, 2.24) is 19.6 Å². The van der Waals surface area contributed by atoms with Crippen molar-refractivity contribution in [1.29, 1.82) is 0 Å². The highest BCUT2D eigenvalue weighted by atomic mass is 32.2. The molecule has 2 aromatic heterocycles. The first-order chi connectivity index (χ1) is 17.6. The summed E-state index contributed by atoms with van der Waals surface area (Å²) in [5.74, 6) is -0.789. The van der Waals surface area contributed by atoms with Crippen molar-refractivity contribution in [2.75, 3.05) is 19.3 Å². The van der Waals surface area contributed by atoms with E-state index in [1.165, 1.54) is 0 Å². The maximum Gasteiger partial charge on any atom is 0.264 e. The van der Waals surface area contributed by atoms with Gasteiger partial charge < -0.3 is 9.33 Å². The Morgan fingerprint density at radius 2 is 1.76 bits per heavy atom. The van der Waals surface area contributed by atoms with Crippen LogP contribution in [0.3, 0.4) is 0 Å². The van der Waals surface area contributed by atoms with E-state index >= 15 is 0 Å². The number of likely N-dealkylation sites (tertiary alicyclic amines) is 1. The minimum absolute atomic E-state index is 0.0337. The van der Waals surface area contributed by atoms with Crippen molar-refractivity contribution in [2.24, 2.45) is 0 Å². The number of amides is 2. The Morgan fingerprint density at radius 3 is 2.39 bits per heavy atom. The Balaban J connectivity index is 1.56. The summed E-state index contributed by atoms with van der Waals surface area (Å²) in [6, 6.07) is 8.35. The van der Waals surface area contributed by atoms with Gasteiger partial charge >= 0.3 is 0 Å². The molecule has 1 aliphatic rings. The second-order valence-electron chi connectivity index (χ2n) is 11.3. The van der Waals surface area contributed by atoms with Crippen molar-refractivity contribution in [3.8, 4) is 11.1 Å². The van der Waals surface area contributed by atoms with Crippen LogP contribution < -0.4 is 4.72 Å². The zero-order valence-corrected chi connectivity index (χ0v) is 24.4. The van der Waals surface area contributed by atoms with Gasteiger partial charge in [0.25, 0.3) is 11.8 Å². The first-order valence-electron chi connectivity index (χ1n) is 12.5. The molecule has 1 fully saturated rings. The Kier molecular flexibility index (Phi) is 7.48. The average Bonchev–Trinajstić information content (AvgIpc) is 3.29. The minimum Gasteiger partial charge on any atom is -0.412 e. The van der Waals surface area contributed by atoms with Crippen LogP contribution in [-0.4, -0.2) is 68.9 Å². The molecular formula is C27H34N4O5SSi. The third kappa shape index (κ3) is 6.11. The molecule has 38 heavy (non-hydrogen) atoms. The summed E-state index contributed by atoms with van der Waals surface area (Å²) in [4.78, 5) is 36.2. The fourth-order valence-corrected chi connectivity index (χ4v) is 6.04. The van der Waals surface area contributed by atoms with Crippen LogP contribution in [-0.2, 0) is 14.4 Å². The number of sulfonamides is 1. The number of hydrogen-bond donors (Lipinski definition) is 1. The first-order valence-corrected chi connectivity index (χ1v) is 17.3. The molecule has 1 N–H and O–H groups in total. The van der Waals surface area contributed by atoms with E-state index < -0.39 is 24.2 Å². The van der Waals surface area contributed by atoms with Gasteiger partial charge in [0.1, 0.15) is 0 Å². The molecule has 0 spiro atoms. The third-order valence-corrected chi connectivity index (χ3v) is 12.4. The van der Waals surface area contributed by atoms with Crippen LogP contribution in [0.2, 0.25) is 18.1 Å². The topological polar surface area (TPSA) is 119 Å². The number of benzene rings is 1. The van der Waals surface area contributed by atoms with Gasteiger partial charge in [0.15, 0.2) is 8.32 Å². The number of carbonyl (C=O) groups excluding carboxylic acids is 2. The summed E-state index contributed by atoms with van der Waals surface area (Å²) in [7, 11) is -5.59. The van der Waals surface area contributed by atoms with E-state index in [0.717, 1.165) is 29.2 Å². The highest BCUT2D eigenvalue weighted by molar-refractivity contribution is 7.89. The van der Waals surface area contributed by atoms with Crippen molar-refractivity contribution in [3.63, 3.8) is 0 Å². The lowest BCUT2D eigenvalue weighted by molar-refractivity contribution is 0.0768. The summed E-state index contributed by atoms with van der Waals surface area (Å²) >= 11 is 0. The maximum atomic E-state index is 13.4. The van der Waals surface area contributed by atoms with Gasteiger partial charge in [0, 0.05) is 42.0 Å². The highest BCUT2D eigenvalue weighted by Gasteiger charge is 2.41. The van der Waals surface area contributed by atoms with Gasteiger partial charge in [0.2, 0.25) is 10.0 Å². The normalized spacial score (nSPS) is 16.6. The Labute approximate surface area is 224 Å². The lowest BCUT2D eigenvalue weighted by Crippen LogP contribution is -2.44. The van der Waals surface area contributed by atoms with E-state index in [4.69, 9.17) is 4.43 Å². The monoisotopic (exact) mass is 554 g/mol. The van der Waals surface area contributed by atoms with E-state index in [0.29, 0.717) is 24.2 Å². The van der Waals surface area contributed by atoms with Gasteiger partial charge in [-0.3, -0.25) is 19.6 Å². The van der Waals surface area contributed by atoms with Crippen LogP contribution >= 0.6 is 0 Å². The van der Waals surface area contributed by atoms with Crippen molar-refractivity contribution in [3.05, 3.63) is 60.0 Å². The van der Waals surface area contributed by atoms with Crippen molar-refractivity contribution >= 4 is 41.1 Å². The Hall–Kier alpha value is -3.15. The van der Waals surface area contributed by atoms with Crippen LogP contribution in [0.5, 0.6) is 0 Å². The summed E-state index contributed by atoms with van der Waals surface area (Å²) in [5.41, 5.74) is 2.85. The number of pyridine rings is 2. The number of carbonyl (C=O) groups is 2. The molecule has 0 aliphatic carbocycles. The van der Waals surface area contributed by atoms with Crippen molar-refractivity contribution in [2.45, 2.75) is 51.4 Å². The summed E-state index contributed by atoms with van der Waals surface area (Å²) in [6.45, 7) is 12.3. The molecule has 4 rings (SSSR count). The predicted molar refractivity (Wildman–Crippen MR) is 150 cm³/mol. The van der Waals surface area contributed by atoms with E-state index in [9.17, 15) is 18.0 Å². The quantitative estimate of drug-likeness (QED) is 0.453. The van der Waals surface area contributed by atoms with Crippen LogP contribution in [0, 0.1) is 0 Å². The molecule has 3 aromatic rings. The molecule has 1 aliphatic heterocycles. The second-order valence-corrected chi connectivity index (χ2v) is 17.8. The molecule has 1 aromatic carbocycles. The zero-order chi connectivity index (χ0) is 27.9. The van der Waals surface area contributed by atoms with Crippen LogP contribution in [0.15, 0.2) is 48.9 Å². The van der Waals surface area contributed by atoms with E-state index in [-0.39, 0.29) is 22.6 Å². The molecule has 9 nitrogen and oxygen atoms in total. The zero-order valence-electron chi connectivity index (χ0n) is 22.6. The van der Waals surface area contributed by atoms with E-state index in [1.54, 1.807) is 42.9 Å². The molecule has 3 heterocycles. The lowest BCUT2D eigenvalue weighted by atomic mass is 10.0. The van der Waals surface area contributed by atoms with Gasteiger partial charge in [-0.05, 0) is 48.3 Å². The largest absolute Gasteiger partial charge is 0.412 e. The average molecular weight is 555 g/mol. The van der Waals surface area contributed by atoms with E-state index in [1.807, 2.05) is 15.7 Å². The number of nitrogens with zero attached hydrogens (tertiary/aromatic N) is 3. The second kappa shape index (κ2) is 10.2. The standard InChI is InChI=1S/C27H34N4O5SSi/c1-27(2,3)38(5,6)36-21-11-12-31(17-21)26(33)20-13-22-23(15-28-16-24(22)29-14-20)18-7-9-19(10-8-18)25(32)30-37(4,34)35/h7-10,13-16,21H,11-12,17H2,1-6H3,(H,30,32). The summed E-state index contributed by atoms with van der Waals surface area (Å²) in [5, 5.41) is 0.861. The maximum absolute atomic E-state index is 13.4. The van der Waals surface area contributed by atoms with Gasteiger partial charge in [-0.2, -0.15) is 0 Å². The minimum atomic E-state index is -3.66. The number of fused-ring (bicyclic) bond motifs is 1. The Morgan fingerprint density at radius 1 is 1.08 bits per heavy atom. The fraction of sp³-hybridized carbons (Fsp3) is 0.407. The number of nitrogens with one attached hydrogen (secondary N) is 1. The molecule has 2 amide bonds. The molecule has 11 heteroatoms. The molecule has 1 atom stereocenters. The number of aromatic nitrogens is 2. The summed E-state index contributed by atoms with van der Waals surface area (Å²) in [6.07, 6.45) is 6.68. The molecule has 1 unspecified atom stereocenters. The molecular weight excluding hydrogens is 520 g/mol. The molecule has 0 radical (unpaired) electrons. The first kappa shape index (κ1) is 27.9. The van der Waals surface area contributed by atoms with Crippen molar-refractivity contribution < 1.29 is 22.4 Å². The van der Waals surface area contributed by atoms with Crippen LogP contribution in [0.1, 0.15) is 47.9 Å². The van der Waals surface area contributed by atoms with Gasteiger partial charge in [0.05, 0.1) is 29.6 Å². The van der Waals surface area contributed by atoms with E-state index in [2.05, 4.69) is 43.8 Å². The highest BCUT2D eigenvalue weighted by Crippen LogP contribution is 2.38. The lowest BCUT2D eigenvalue weighted by Gasteiger charge is -2.38. The third-order valence-electron chi connectivity index (χ3n) is 7.29. The molecule has 0 saturated carbocycles. The molecule has 0 bridgehead atoms. The van der Waals surface area contributed by atoms with Crippen LogP contribution in [0.25, 0.3) is 22.0 Å². The van der Waals surface area contributed by atoms with Gasteiger partial charge in [-0.15, -0.1) is 0 Å². The Bertz CT molecular complexity index is 1480. The predicted octanol–water partition coefficient (Wildman–Crippen LogP) is 4.22. The van der Waals surface area contributed by atoms with Gasteiger partial charge in [-0.1, -0.05) is 32.9 Å².